The van der Waals surface area contributed by atoms with E-state index in [1.54, 1.807) is 0 Å². The molecule has 2 aromatic rings. The van der Waals surface area contributed by atoms with E-state index >= 15 is 0 Å². The lowest BCUT2D eigenvalue weighted by Gasteiger charge is -2.05. The summed E-state index contributed by atoms with van der Waals surface area (Å²) in [6.07, 6.45) is 0.506. The van der Waals surface area contributed by atoms with Crippen LogP contribution in [0.25, 0.3) is 0 Å². The average molecular weight is 299 g/mol. The number of Topliss-reactive ketones (excluding diaryl/α,β-unsaturated/α-hetero) is 1. The third-order valence-corrected chi connectivity index (χ3v) is 3.94. The largest absolute Gasteiger partial charge is 0.325 e. The monoisotopic (exact) mass is 299 g/mol. The van der Waals surface area contributed by atoms with Crippen LogP contribution < -0.4 is 5.32 Å². The predicted molar refractivity (Wildman–Crippen MR) is 86.9 cm³/mol. The number of nitrogens with one attached hydrogen (secondary N) is 1. The van der Waals surface area contributed by atoms with Gasteiger partial charge in [0.1, 0.15) is 0 Å². The highest BCUT2D eigenvalue weighted by Gasteiger charge is 2.05. The van der Waals surface area contributed by atoms with Gasteiger partial charge in [-0.05, 0) is 24.3 Å². The summed E-state index contributed by atoms with van der Waals surface area (Å²) < 4.78 is 0. The first-order chi connectivity index (χ1) is 10.2. The lowest BCUT2D eigenvalue weighted by atomic mass is 10.1. The Labute approximate surface area is 128 Å². The molecule has 0 aliphatic rings. The maximum atomic E-state index is 11.8. The Kier molecular flexibility index (Phi) is 5.58. The molecule has 0 aliphatic carbocycles. The van der Waals surface area contributed by atoms with Gasteiger partial charge in [-0.15, -0.1) is 11.8 Å². The number of carbonyl (C=O) groups excluding carboxylic acids is 2. The van der Waals surface area contributed by atoms with Gasteiger partial charge >= 0.3 is 0 Å². The van der Waals surface area contributed by atoms with Gasteiger partial charge in [0, 0.05) is 22.6 Å². The molecule has 0 spiro atoms. The van der Waals surface area contributed by atoms with Crippen molar-refractivity contribution in [3.63, 3.8) is 0 Å². The Balaban J connectivity index is 1.85. The van der Waals surface area contributed by atoms with Gasteiger partial charge in [-0.25, -0.2) is 0 Å². The smallest absolute Gasteiger partial charge is 0.234 e. The van der Waals surface area contributed by atoms with E-state index in [2.05, 4.69) is 5.32 Å². The van der Waals surface area contributed by atoms with Crippen LogP contribution in [0.15, 0.2) is 59.5 Å². The summed E-state index contributed by atoms with van der Waals surface area (Å²) >= 11 is 1.45. The van der Waals surface area contributed by atoms with E-state index in [1.165, 1.54) is 11.8 Å². The van der Waals surface area contributed by atoms with Crippen molar-refractivity contribution in [1.82, 2.24) is 0 Å². The van der Waals surface area contributed by atoms with Crippen molar-refractivity contribution in [2.24, 2.45) is 0 Å². The zero-order valence-corrected chi connectivity index (χ0v) is 12.7. The first kappa shape index (κ1) is 15.3. The summed E-state index contributed by atoms with van der Waals surface area (Å²) in [6, 6.07) is 16.8. The quantitative estimate of drug-likeness (QED) is 0.647. The molecule has 0 heterocycles. The third-order valence-electron chi connectivity index (χ3n) is 2.92. The van der Waals surface area contributed by atoms with Gasteiger partial charge in [0.25, 0.3) is 0 Å². The zero-order valence-electron chi connectivity index (χ0n) is 11.8. The minimum atomic E-state index is -0.0417. The molecule has 0 radical (unpaired) electrons. The van der Waals surface area contributed by atoms with Crippen LogP contribution in [0.2, 0.25) is 0 Å². The number of anilines is 1. The van der Waals surface area contributed by atoms with Crippen LogP contribution in [0.4, 0.5) is 5.69 Å². The van der Waals surface area contributed by atoms with Gasteiger partial charge < -0.3 is 5.32 Å². The number of hydrogen-bond donors (Lipinski definition) is 1. The lowest BCUT2D eigenvalue weighted by Crippen LogP contribution is -2.13. The van der Waals surface area contributed by atoms with Crippen LogP contribution in [-0.2, 0) is 4.79 Å². The van der Waals surface area contributed by atoms with Crippen molar-refractivity contribution in [1.29, 1.82) is 0 Å². The highest BCUT2D eigenvalue weighted by atomic mass is 32.2. The van der Waals surface area contributed by atoms with Crippen LogP contribution in [-0.4, -0.2) is 17.4 Å². The van der Waals surface area contributed by atoms with E-state index in [0.29, 0.717) is 12.2 Å². The van der Waals surface area contributed by atoms with E-state index in [9.17, 15) is 9.59 Å². The van der Waals surface area contributed by atoms with Gasteiger partial charge in [-0.1, -0.05) is 37.3 Å². The Morgan fingerprint density at radius 3 is 2.29 bits per heavy atom. The van der Waals surface area contributed by atoms with Gasteiger partial charge in [0.15, 0.2) is 5.78 Å². The van der Waals surface area contributed by atoms with Crippen LogP contribution in [0, 0.1) is 0 Å². The molecule has 1 N–H and O–H groups in total. The Morgan fingerprint density at radius 2 is 1.67 bits per heavy atom. The minimum Gasteiger partial charge on any atom is -0.325 e. The molecule has 0 aliphatic heterocycles. The highest BCUT2D eigenvalue weighted by molar-refractivity contribution is 8.00. The molecule has 2 aromatic carbocycles. The first-order valence-corrected chi connectivity index (χ1v) is 7.78. The summed E-state index contributed by atoms with van der Waals surface area (Å²) in [5.74, 6) is 0.434. The predicted octanol–water partition coefficient (Wildman–Crippen LogP) is 4.01. The average Bonchev–Trinajstić information content (AvgIpc) is 2.53. The lowest BCUT2D eigenvalue weighted by molar-refractivity contribution is -0.113. The molecule has 2 rings (SSSR count). The van der Waals surface area contributed by atoms with E-state index in [1.807, 2.05) is 61.5 Å². The second-order valence-corrected chi connectivity index (χ2v) is 5.55. The fourth-order valence-corrected chi connectivity index (χ4v) is 2.51. The summed E-state index contributed by atoms with van der Waals surface area (Å²) in [7, 11) is 0. The molecule has 21 heavy (non-hydrogen) atoms. The van der Waals surface area contributed by atoms with E-state index < -0.39 is 0 Å². The number of benzene rings is 2. The SMILES string of the molecule is CCC(=O)c1ccc(SCC(=O)Nc2ccccc2)cc1. The minimum absolute atomic E-state index is 0.0417. The molecule has 0 atom stereocenters. The molecular weight excluding hydrogens is 282 g/mol. The van der Waals surface area contributed by atoms with E-state index in [-0.39, 0.29) is 11.7 Å². The Hall–Kier alpha value is -2.07. The number of rotatable bonds is 6. The zero-order chi connectivity index (χ0) is 15.1. The van der Waals surface area contributed by atoms with Crippen molar-refractivity contribution < 1.29 is 9.59 Å². The van der Waals surface area contributed by atoms with Gasteiger partial charge in [0.2, 0.25) is 5.91 Å². The van der Waals surface area contributed by atoms with Crippen molar-refractivity contribution in [2.45, 2.75) is 18.2 Å². The molecule has 0 saturated heterocycles. The van der Waals surface area contributed by atoms with Crippen molar-refractivity contribution in [3.05, 3.63) is 60.2 Å². The number of amides is 1. The van der Waals surface area contributed by atoms with Gasteiger partial charge in [0.05, 0.1) is 5.75 Å². The van der Waals surface area contributed by atoms with E-state index in [4.69, 9.17) is 0 Å². The standard InChI is InChI=1S/C17H17NO2S/c1-2-16(19)13-8-10-15(11-9-13)21-12-17(20)18-14-6-4-3-5-7-14/h3-11H,2,12H2,1H3,(H,18,20). The van der Waals surface area contributed by atoms with Crippen LogP contribution in [0.1, 0.15) is 23.7 Å². The molecule has 0 unspecified atom stereocenters. The maximum Gasteiger partial charge on any atom is 0.234 e. The third kappa shape index (κ3) is 4.76. The maximum absolute atomic E-state index is 11.8. The molecule has 1 amide bonds. The van der Waals surface area contributed by atoms with Crippen LogP contribution in [0.5, 0.6) is 0 Å². The number of carbonyl (C=O) groups is 2. The fourth-order valence-electron chi connectivity index (χ4n) is 1.81. The molecule has 3 nitrogen and oxygen atoms in total. The van der Waals surface area contributed by atoms with Crippen LogP contribution >= 0.6 is 11.8 Å². The van der Waals surface area contributed by atoms with Crippen LogP contribution in [0.3, 0.4) is 0 Å². The van der Waals surface area contributed by atoms with E-state index in [0.717, 1.165) is 16.1 Å². The normalized spacial score (nSPS) is 10.1. The van der Waals surface area contributed by atoms with Crippen molar-refractivity contribution in [3.8, 4) is 0 Å². The molecule has 0 saturated carbocycles. The Bertz CT molecular complexity index is 608. The molecule has 0 fully saturated rings. The number of para-hydroxylation sites is 1. The topological polar surface area (TPSA) is 46.2 Å². The number of ketones is 1. The summed E-state index contributed by atoms with van der Waals surface area (Å²) in [4.78, 5) is 24.3. The second-order valence-electron chi connectivity index (χ2n) is 4.50. The highest BCUT2D eigenvalue weighted by Crippen LogP contribution is 2.19. The number of hydrogen-bond acceptors (Lipinski definition) is 3. The fraction of sp³-hybridized carbons (Fsp3) is 0.176. The van der Waals surface area contributed by atoms with Gasteiger partial charge in [-0.2, -0.15) is 0 Å². The Morgan fingerprint density at radius 1 is 1.00 bits per heavy atom. The van der Waals surface area contributed by atoms with Crippen molar-refractivity contribution in [2.75, 3.05) is 11.1 Å². The molecule has 4 heteroatoms. The summed E-state index contributed by atoms with van der Waals surface area (Å²) in [6.45, 7) is 1.85. The molecule has 0 bridgehead atoms. The first-order valence-electron chi connectivity index (χ1n) is 6.80. The molecular formula is C17H17NO2S. The summed E-state index contributed by atoms with van der Waals surface area (Å²) in [5, 5.41) is 2.84. The molecule has 0 aromatic heterocycles. The van der Waals surface area contributed by atoms with Crippen molar-refractivity contribution >= 4 is 29.1 Å². The number of thioether (sulfide) groups is 1. The van der Waals surface area contributed by atoms with Gasteiger partial charge in [-0.3, -0.25) is 9.59 Å². The molecule has 108 valence electrons. The second kappa shape index (κ2) is 7.64. The summed E-state index contributed by atoms with van der Waals surface area (Å²) in [5.41, 5.74) is 1.52.